The lowest BCUT2D eigenvalue weighted by Gasteiger charge is -2.36. The highest BCUT2D eigenvalue weighted by Gasteiger charge is 2.32. The molecule has 2 aromatic rings. The molecule has 2 fully saturated rings. The zero-order valence-corrected chi connectivity index (χ0v) is 16.2. The van der Waals surface area contributed by atoms with Gasteiger partial charge in [-0.3, -0.25) is 9.48 Å². The summed E-state index contributed by atoms with van der Waals surface area (Å²) in [6, 6.07) is 8.49. The van der Waals surface area contributed by atoms with Crippen LogP contribution in [0.15, 0.2) is 30.3 Å². The Morgan fingerprint density at radius 3 is 2.61 bits per heavy atom. The molecule has 2 N–H and O–H groups in total. The molecule has 28 heavy (non-hydrogen) atoms. The highest BCUT2D eigenvalue weighted by Crippen LogP contribution is 2.29. The lowest BCUT2D eigenvalue weighted by atomic mass is 9.85. The zero-order chi connectivity index (χ0) is 19.7. The monoisotopic (exact) mass is 386 g/mol. The van der Waals surface area contributed by atoms with Crippen LogP contribution in [0, 0.1) is 12.7 Å². The fraction of sp³-hybridized carbons (Fsp3) is 0.524. The molecule has 2 saturated heterocycles. The van der Waals surface area contributed by atoms with E-state index in [1.54, 1.807) is 17.0 Å². The first kappa shape index (κ1) is 19.1. The van der Waals surface area contributed by atoms with Gasteiger partial charge in [0.05, 0.1) is 6.04 Å². The van der Waals surface area contributed by atoms with Crippen LogP contribution >= 0.6 is 0 Å². The van der Waals surface area contributed by atoms with Gasteiger partial charge in [0.2, 0.25) is 0 Å². The minimum absolute atomic E-state index is 0.0677. The standard InChI is InChI=1S/C21H27FN4O2/c1-14-12-20(24-26(14)17-7-10-28-11-8-17)21(27)25-9-6-18(19(23)13-25)15-2-4-16(22)5-3-15/h2-5,12,17-19H,6-11,13,23H2,1H3/t18-,19+/m1/s1. The number of nitrogens with zero attached hydrogens (tertiary/aromatic N) is 3. The van der Waals surface area contributed by atoms with Gasteiger partial charge in [0.1, 0.15) is 5.82 Å². The molecular formula is C21H27FN4O2. The van der Waals surface area contributed by atoms with Crippen molar-refractivity contribution in [3.63, 3.8) is 0 Å². The number of carbonyl (C=O) groups excluding carboxylic acids is 1. The number of rotatable bonds is 3. The Balaban J connectivity index is 1.44. The number of amides is 1. The van der Waals surface area contributed by atoms with Gasteiger partial charge in [0.15, 0.2) is 5.69 Å². The molecule has 0 spiro atoms. The molecule has 1 aromatic carbocycles. The third-order valence-electron chi connectivity index (χ3n) is 5.92. The Kier molecular flexibility index (Phi) is 5.46. The number of ether oxygens (including phenoxy) is 1. The fourth-order valence-electron chi connectivity index (χ4n) is 4.34. The smallest absolute Gasteiger partial charge is 0.274 e. The van der Waals surface area contributed by atoms with Crippen molar-refractivity contribution in [3.8, 4) is 0 Å². The van der Waals surface area contributed by atoms with E-state index in [9.17, 15) is 9.18 Å². The van der Waals surface area contributed by atoms with Crippen molar-refractivity contribution in [3.05, 3.63) is 53.1 Å². The molecule has 0 radical (unpaired) electrons. The molecule has 0 saturated carbocycles. The minimum atomic E-state index is -0.250. The first-order valence-corrected chi connectivity index (χ1v) is 9.97. The average molecular weight is 386 g/mol. The largest absolute Gasteiger partial charge is 0.381 e. The Hall–Kier alpha value is -2.25. The molecule has 1 amide bonds. The van der Waals surface area contributed by atoms with E-state index in [0.29, 0.717) is 24.8 Å². The summed E-state index contributed by atoms with van der Waals surface area (Å²) in [6.07, 6.45) is 2.60. The van der Waals surface area contributed by atoms with E-state index in [2.05, 4.69) is 5.10 Å². The summed E-state index contributed by atoms with van der Waals surface area (Å²) in [6.45, 7) is 4.56. The van der Waals surface area contributed by atoms with Crippen LogP contribution < -0.4 is 5.73 Å². The van der Waals surface area contributed by atoms with Gasteiger partial charge >= 0.3 is 0 Å². The van der Waals surface area contributed by atoms with Crippen LogP contribution in [0.3, 0.4) is 0 Å². The first-order valence-electron chi connectivity index (χ1n) is 9.97. The summed E-state index contributed by atoms with van der Waals surface area (Å²) in [5.74, 6) is -0.187. The van der Waals surface area contributed by atoms with Crippen molar-refractivity contribution in [1.29, 1.82) is 0 Å². The van der Waals surface area contributed by atoms with E-state index >= 15 is 0 Å². The van der Waals surface area contributed by atoms with Crippen LogP contribution in [0.5, 0.6) is 0 Å². The molecular weight excluding hydrogens is 359 g/mol. The van der Waals surface area contributed by atoms with Crippen LogP contribution in [0.4, 0.5) is 4.39 Å². The van der Waals surface area contributed by atoms with Gasteiger partial charge in [-0.1, -0.05) is 12.1 Å². The molecule has 0 aliphatic carbocycles. The summed E-state index contributed by atoms with van der Waals surface area (Å²) < 4.78 is 20.6. The quantitative estimate of drug-likeness (QED) is 0.880. The van der Waals surface area contributed by atoms with Crippen molar-refractivity contribution in [1.82, 2.24) is 14.7 Å². The fourth-order valence-corrected chi connectivity index (χ4v) is 4.34. The van der Waals surface area contributed by atoms with Gasteiger partial charge in [0, 0.05) is 44.0 Å². The van der Waals surface area contributed by atoms with E-state index < -0.39 is 0 Å². The predicted molar refractivity (Wildman–Crippen MR) is 104 cm³/mol. The lowest BCUT2D eigenvalue weighted by Crippen LogP contribution is -2.49. The minimum Gasteiger partial charge on any atom is -0.381 e. The average Bonchev–Trinajstić information content (AvgIpc) is 3.10. The van der Waals surface area contributed by atoms with E-state index in [-0.39, 0.29) is 23.7 Å². The summed E-state index contributed by atoms with van der Waals surface area (Å²) >= 11 is 0. The first-order chi connectivity index (χ1) is 13.5. The summed E-state index contributed by atoms with van der Waals surface area (Å²) in [4.78, 5) is 14.8. The third kappa shape index (κ3) is 3.82. The number of hydrogen-bond donors (Lipinski definition) is 1. The SMILES string of the molecule is Cc1cc(C(=O)N2CC[C@H](c3ccc(F)cc3)[C@@H](N)C2)nn1C1CCOCC1. The van der Waals surface area contributed by atoms with Crippen LogP contribution in [-0.4, -0.2) is 52.9 Å². The van der Waals surface area contributed by atoms with Gasteiger partial charge in [-0.15, -0.1) is 0 Å². The third-order valence-corrected chi connectivity index (χ3v) is 5.92. The molecule has 0 unspecified atom stereocenters. The number of aromatic nitrogens is 2. The van der Waals surface area contributed by atoms with Gasteiger partial charge in [-0.2, -0.15) is 5.10 Å². The number of piperidine rings is 1. The number of likely N-dealkylation sites (tertiary alicyclic amines) is 1. The highest BCUT2D eigenvalue weighted by atomic mass is 19.1. The van der Waals surface area contributed by atoms with Crippen molar-refractivity contribution in [2.75, 3.05) is 26.3 Å². The topological polar surface area (TPSA) is 73.4 Å². The molecule has 7 heteroatoms. The Morgan fingerprint density at radius 1 is 1.21 bits per heavy atom. The molecule has 4 rings (SSSR count). The van der Waals surface area contributed by atoms with Crippen LogP contribution in [0.1, 0.15) is 53.0 Å². The second-order valence-corrected chi connectivity index (χ2v) is 7.82. The van der Waals surface area contributed by atoms with Crippen LogP contribution in [0.25, 0.3) is 0 Å². The zero-order valence-electron chi connectivity index (χ0n) is 16.2. The summed E-state index contributed by atoms with van der Waals surface area (Å²) in [5, 5.41) is 4.61. The maximum absolute atomic E-state index is 13.2. The van der Waals surface area contributed by atoms with Gasteiger partial charge < -0.3 is 15.4 Å². The maximum atomic E-state index is 13.2. The Bertz CT molecular complexity index is 829. The number of aryl methyl sites for hydroxylation is 1. The number of benzene rings is 1. The summed E-state index contributed by atoms with van der Waals surface area (Å²) in [5.41, 5.74) is 8.89. The normalized spacial score (nSPS) is 23.8. The molecule has 0 bridgehead atoms. The van der Waals surface area contributed by atoms with Gasteiger partial charge in [0.25, 0.3) is 5.91 Å². The Morgan fingerprint density at radius 2 is 1.93 bits per heavy atom. The van der Waals surface area contributed by atoms with E-state index in [0.717, 1.165) is 43.7 Å². The maximum Gasteiger partial charge on any atom is 0.274 e. The number of hydrogen-bond acceptors (Lipinski definition) is 4. The molecule has 2 aliphatic rings. The van der Waals surface area contributed by atoms with Crippen molar-refractivity contribution >= 4 is 5.91 Å². The molecule has 2 atom stereocenters. The number of halogens is 1. The second-order valence-electron chi connectivity index (χ2n) is 7.82. The van der Waals surface area contributed by atoms with Crippen molar-refractivity contribution in [2.45, 2.75) is 44.2 Å². The molecule has 2 aliphatic heterocycles. The van der Waals surface area contributed by atoms with E-state index in [1.165, 1.54) is 12.1 Å². The number of nitrogens with two attached hydrogens (primary N) is 1. The van der Waals surface area contributed by atoms with Crippen molar-refractivity contribution < 1.29 is 13.9 Å². The lowest BCUT2D eigenvalue weighted by molar-refractivity contribution is 0.0640. The van der Waals surface area contributed by atoms with Crippen LogP contribution in [-0.2, 0) is 4.74 Å². The van der Waals surface area contributed by atoms with Gasteiger partial charge in [-0.25, -0.2) is 4.39 Å². The molecule has 3 heterocycles. The van der Waals surface area contributed by atoms with Crippen molar-refractivity contribution in [2.24, 2.45) is 5.73 Å². The Labute approximate surface area is 164 Å². The number of carbonyl (C=O) groups is 1. The molecule has 150 valence electrons. The van der Waals surface area contributed by atoms with Crippen LogP contribution in [0.2, 0.25) is 0 Å². The van der Waals surface area contributed by atoms with Gasteiger partial charge in [-0.05, 0) is 49.9 Å². The second kappa shape index (κ2) is 8.01. The van der Waals surface area contributed by atoms with E-state index in [4.69, 9.17) is 10.5 Å². The molecule has 1 aromatic heterocycles. The predicted octanol–water partition coefficient (Wildman–Crippen LogP) is 2.64. The highest BCUT2D eigenvalue weighted by molar-refractivity contribution is 5.92. The summed E-state index contributed by atoms with van der Waals surface area (Å²) in [7, 11) is 0. The van der Waals surface area contributed by atoms with E-state index in [1.807, 2.05) is 17.7 Å². The molecule has 6 nitrogen and oxygen atoms in total.